The molecule has 100 heavy (non-hydrogen) atoms. The molecule has 5 amide bonds. The molecule has 0 bridgehead atoms. The molecule has 1 spiro atoms. The van der Waals surface area contributed by atoms with E-state index in [0.29, 0.717) is 113 Å². The lowest BCUT2D eigenvalue weighted by Crippen LogP contribution is -2.50. The van der Waals surface area contributed by atoms with Crippen molar-refractivity contribution in [2.75, 3.05) is 118 Å². The maximum absolute atomic E-state index is 14.3. The lowest BCUT2D eigenvalue weighted by Gasteiger charge is -2.44. The molecule has 6 aromatic rings. The number of unbranched alkanes of at least 4 members (excludes halogenated alkanes) is 2. The Hall–Kier alpha value is -8.22. The van der Waals surface area contributed by atoms with E-state index in [9.17, 15) is 59.8 Å². The van der Waals surface area contributed by atoms with Gasteiger partial charge in [0.15, 0.2) is 0 Å². The number of para-hydroxylation sites is 1. The number of fused-ring (bicyclic) bond motifs is 3. The normalized spacial score (nSPS) is 18.9. The van der Waals surface area contributed by atoms with Crippen molar-refractivity contribution in [3.05, 3.63) is 195 Å². The Morgan fingerprint density at radius 2 is 1.28 bits per heavy atom. The van der Waals surface area contributed by atoms with Crippen LogP contribution in [0, 0.1) is 5.82 Å². The van der Waals surface area contributed by atoms with E-state index in [1.807, 2.05) is 90.8 Å². The summed E-state index contributed by atoms with van der Waals surface area (Å²) in [6.45, 7) is 7.17. The number of rotatable bonds is 25. The standard InChI is InChI=1S/C77H89F7N8O8/c1-85(70(94)51-99-68-48-56-17-9-11-19-66(56)74(68)31-40-89(41-32-74)42-33-75(60-24-26-63(78)27-25-60)52-91(53-100-75)72(96)59-46-61(76(79,80)81)49-62(47-59)77(82,83)84)34-14-35-87(3)71(95)57-22-23-58-50-90(37-28-55(58)45-57)36-13-5-8-21-69(93)86(2)43-44-88-38-29-64(30-39-88)92(73(97)98)67-20-12-10-18-65(67)54-15-6-4-7-16-54/h4,6-7,9-12,15-20,22-27,45-47,49,64,68H,5,8,13-14,21,28-44,48,50-53H2,1-3H3,(H,97,98)/t68-,75+/m0/s1. The van der Waals surface area contributed by atoms with E-state index in [2.05, 4.69) is 32.9 Å². The molecule has 3 saturated heterocycles. The van der Waals surface area contributed by atoms with E-state index in [-0.39, 0.29) is 55.5 Å². The highest BCUT2D eigenvalue weighted by Crippen LogP contribution is 2.49. The molecular formula is C77H89F7N8O8. The molecular weight excluding hydrogens is 1300 g/mol. The number of halogens is 7. The van der Waals surface area contributed by atoms with Crippen LogP contribution in [0.3, 0.4) is 0 Å². The number of amides is 5. The number of carbonyl (C=O) groups excluding carboxylic acids is 4. The van der Waals surface area contributed by atoms with Crippen LogP contribution in [0.25, 0.3) is 11.1 Å². The Morgan fingerprint density at radius 3 is 1.99 bits per heavy atom. The van der Waals surface area contributed by atoms with Crippen LogP contribution in [0.1, 0.15) is 124 Å². The number of carbonyl (C=O) groups is 5. The van der Waals surface area contributed by atoms with Gasteiger partial charge in [-0.2, -0.15) is 26.3 Å². The third kappa shape index (κ3) is 17.2. The van der Waals surface area contributed by atoms with Gasteiger partial charge in [0.2, 0.25) is 11.8 Å². The predicted octanol–water partition coefficient (Wildman–Crippen LogP) is 12.9. The SMILES string of the molecule is CN(CCN1CCC(N(C(=O)O)c2ccccc2-c2ccccc2)CC1)C(=O)CCCCCN1CCc2cc(C(=O)N(C)CCCN(C)C(=O)CO[C@H]3Cc4ccccc4C34CCN(CC[C@]3(c5ccc(F)cc5)CN(C(=O)c5cc(C(F)(F)F)cc(C(F)(F)F)c5)CO3)CC4)ccc2C1. The van der Waals surface area contributed by atoms with Crippen LogP contribution in [0.2, 0.25) is 0 Å². The van der Waals surface area contributed by atoms with Crippen LogP contribution in [-0.4, -0.2) is 194 Å². The second-order valence-corrected chi connectivity index (χ2v) is 27.6. The molecule has 4 heterocycles. The quantitative estimate of drug-likeness (QED) is 0.0431. The second-order valence-electron chi connectivity index (χ2n) is 27.6. The summed E-state index contributed by atoms with van der Waals surface area (Å²) in [5.74, 6) is -1.74. The van der Waals surface area contributed by atoms with Gasteiger partial charge in [-0.15, -0.1) is 0 Å². The zero-order valence-electron chi connectivity index (χ0n) is 57.1. The highest BCUT2D eigenvalue weighted by atomic mass is 19.4. The molecule has 1 aliphatic carbocycles. The zero-order chi connectivity index (χ0) is 70.9. The number of carboxylic acid groups (broad SMARTS) is 1. The van der Waals surface area contributed by atoms with E-state index in [0.717, 1.165) is 86.5 Å². The van der Waals surface area contributed by atoms with E-state index < -0.39 is 64.6 Å². The monoisotopic (exact) mass is 1390 g/mol. The van der Waals surface area contributed by atoms with Gasteiger partial charge < -0.3 is 44.0 Å². The molecule has 0 radical (unpaired) electrons. The summed E-state index contributed by atoms with van der Waals surface area (Å²) in [6, 6.07) is 37.8. The molecule has 0 unspecified atom stereocenters. The predicted molar refractivity (Wildman–Crippen MR) is 366 cm³/mol. The van der Waals surface area contributed by atoms with Crippen molar-refractivity contribution in [1.29, 1.82) is 0 Å². The van der Waals surface area contributed by atoms with E-state index in [1.165, 1.54) is 45.9 Å². The first-order chi connectivity index (χ1) is 47.9. The van der Waals surface area contributed by atoms with Crippen molar-refractivity contribution in [2.24, 2.45) is 0 Å². The largest absolute Gasteiger partial charge is 0.465 e. The molecule has 6 aromatic carbocycles. The smallest absolute Gasteiger partial charge is 0.416 e. The number of anilines is 1. The van der Waals surface area contributed by atoms with Crippen LogP contribution < -0.4 is 4.90 Å². The summed E-state index contributed by atoms with van der Waals surface area (Å²) in [7, 11) is 5.37. The number of likely N-dealkylation sites (N-methyl/N-ethyl adjacent to an activating group) is 2. The number of hydrogen-bond donors (Lipinski definition) is 1. The molecule has 4 aliphatic heterocycles. The highest BCUT2D eigenvalue weighted by Gasteiger charge is 2.50. The second kappa shape index (κ2) is 31.8. The Bertz CT molecular complexity index is 3810. The molecule has 5 aliphatic rings. The summed E-state index contributed by atoms with van der Waals surface area (Å²) in [5, 5.41) is 10.4. The summed E-state index contributed by atoms with van der Waals surface area (Å²) in [5.41, 5.74) is 2.70. The molecule has 0 aromatic heterocycles. The van der Waals surface area contributed by atoms with Crippen molar-refractivity contribution >= 4 is 35.4 Å². The number of piperidine rings is 2. The van der Waals surface area contributed by atoms with Crippen molar-refractivity contribution in [2.45, 2.75) is 119 Å². The lowest BCUT2D eigenvalue weighted by atomic mass is 9.72. The maximum atomic E-state index is 14.3. The maximum Gasteiger partial charge on any atom is 0.416 e. The van der Waals surface area contributed by atoms with Crippen molar-refractivity contribution in [3.8, 4) is 11.1 Å². The Balaban J connectivity index is 0.582. The first-order valence-corrected chi connectivity index (χ1v) is 34.8. The molecule has 534 valence electrons. The van der Waals surface area contributed by atoms with Gasteiger partial charge in [0.25, 0.3) is 11.8 Å². The molecule has 16 nitrogen and oxygen atoms in total. The minimum Gasteiger partial charge on any atom is -0.465 e. The molecule has 1 N–H and O–H groups in total. The average Bonchev–Trinajstić information content (AvgIpc) is 1.57. The Kier molecular flexibility index (Phi) is 23.2. The Morgan fingerprint density at radius 1 is 0.620 bits per heavy atom. The van der Waals surface area contributed by atoms with Crippen molar-refractivity contribution < 1.29 is 69.3 Å². The van der Waals surface area contributed by atoms with E-state index >= 15 is 0 Å². The van der Waals surface area contributed by atoms with Crippen LogP contribution in [0.15, 0.2) is 140 Å². The van der Waals surface area contributed by atoms with E-state index in [4.69, 9.17) is 9.47 Å². The van der Waals surface area contributed by atoms with Crippen LogP contribution >= 0.6 is 0 Å². The number of likely N-dealkylation sites (tertiary alicyclic amines) is 2. The highest BCUT2D eigenvalue weighted by molar-refractivity contribution is 5.96. The van der Waals surface area contributed by atoms with Crippen LogP contribution in [-0.2, 0) is 61.8 Å². The van der Waals surface area contributed by atoms with Gasteiger partial charge in [-0.25, -0.2) is 9.18 Å². The third-order valence-corrected chi connectivity index (χ3v) is 21.2. The van der Waals surface area contributed by atoms with Gasteiger partial charge in [0.1, 0.15) is 24.8 Å². The van der Waals surface area contributed by atoms with Gasteiger partial charge in [-0.1, -0.05) is 97.4 Å². The number of benzene rings is 6. The van der Waals surface area contributed by atoms with Gasteiger partial charge in [-0.3, -0.25) is 29.0 Å². The summed E-state index contributed by atoms with van der Waals surface area (Å²) in [4.78, 5) is 81.9. The van der Waals surface area contributed by atoms with Gasteiger partial charge in [-0.05, 0) is 166 Å². The first kappa shape index (κ1) is 73.0. The molecule has 3 fully saturated rings. The lowest BCUT2D eigenvalue weighted by molar-refractivity contribution is -0.143. The average molecular weight is 1390 g/mol. The van der Waals surface area contributed by atoms with Gasteiger partial charge >= 0.3 is 18.4 Å². The minimum atomic E-state index is -5.15. The fourth-order valence-electron chi connectivity index (χ4n) is 15.3. The number of nitrogens with zero attached hydrogens (tertiary/aromatic N) is 8. The number of ether oxygens (including phenoxy) is 2. The van der Waals surface area contributed by atoms with Crippen molar-refractivity contribution in [3.63, 3.8) is 0 Å². The molecule has 23 heteroatoms. The summed E-state index contributed by atoms with van der Waals surface area (Å²) >= 11 is 0. The molecule has 11 rings (SSSR count). The van der Waals surface area contributed by atoms with E-state index in [1.54, 1.807) is 23.9 Å². The molecule has 0 saturated carbocycles. The zero-order valence-corrected chi connectivity index (χ0v) is 57.1. The van der Waals surface area contributed by atoms with Crippen molar-refractivity contribution in [1.82, 2.24) is 34.3 Å². The minimum absolute atomic E-state index is 0.0264. The first-order valence-electron chi connectivity index (χ1n) is 34.8. The van der Waals surface area contributed by atoms with Gasteiger partial charge in [0, 0.05) is 115 Å². The molecule has 2 atom stereocenters. The fourth-order valence-corrected chi connectivity index (χ4v) is 15.3. The van der Waals surface area contributed by atoms with Crippen LogP contribution in [0.4, 0.5) is 41.2 Å². The topological polar surface area (TPSA) is 150 Å². The summed E-state index contributed by atoms with van der Waals surface area (Å²) in [6.07, 6.45) is -3.29. The number of hydrogen-bond acceptors (Lipinski definition) is 10. The van der Waals surface area contributed by atoms with Gasteiger partial charge in [0.05, 0.1) is 29.5 Å². The third-order valence-electron chi connectivity index (χ3n) is 21.2. The fraction of sp³-hybridized carbons (Fsp3) is 0.468. The summed E-state index contributed by atoms with van der Waals surface area (Å²) < 4.78 is 110. The number of alkyl halides is 6. The Labute approximate surface area is 580 Å². The van der Waals surface area contributed by atoms with Crippen LogP contribution in [0.5, 0.6) is 0 Å².